The van der Waals surface area contributed by atoms with Crippen molar-refractivity contribution in [3.8, 4) is 22.6 Å². The first-order chi connectivity index (χ1) is 17.8. The van der Waals surface area contributed by atoms with E-state index in [2.05, 4.69) is 10.6 Å². The normalized spacial score (nSPS) is 16.4. The van der Waals surface area contributed by atoms with E-state index in [0.29, 0.717) is 53.3 Å². The molecule has 0 saturated carbocycles. The van der Waals surface area contributed by atoms with E-state index in [9.17, 15) is 19.5 Å². The summed E-state index contributed by atoms with van der Waals surface area (Å²) in [5, 5.41) is 24.9. The molecule has 10 heteroatoms. The summed E-state index contributed by atoms with van der Waals surface area (Å²) in [5.41, 5.74) is 4.09. The summed E-state index contributed by atoms with van der Waals surface area (Å²) < 4.78 is 10.1. The summed E-state index contributed by atoms with van der Waals surface area (Å²) in [6.45, 7) is 0.680. The van der Waals surface area contributed by atoms with Crippen LogP contribution in [0.3, 0.4) is 0 Å². The highest BCUT2D eigenvalue weighted by Crippen LogP contribution is 2.37. The SMILES string of the molecule is COc1cc(-c2ccc3c(c2)Nc2ccc(C(=O)N4CCCC(OC(=O)O)C4)cc2NC3=O)ccc1O. The average molecular weight is 504 g/mol. The van der Waals surface area contributed by atoms with Crippen molar-refractivity contribution in [2.24, 2.45) is 0 Å². The number of fused-ring (bicyclic) bond motifs is 2. The standard InChI is InChI=1S/C27H25N3O7/c1-36-24-13-16(6-9-23(24)31)15-4-7-19-21(11-15)28-20-8-5-17(12-22(20)29-25(19)32)26(33)30-10-2-3-18(14-30)37-27(34)35/h4-9,11-13,18,28,31H,2-3,10,14H2,1H3,(H,29,32)(H,34,35). The Morgan fingerprint density at radius 2 is 1.76 bits per heavy atom. The molecule has 0 aliphatic carbocycles. The molecule has 0 radical (unpaired) electrons. The number of methoxy groups -OCH3 is 1. The number of aromatic hydroxyl groups is 1. The molecule has 1 atom stereocenters. The Bertz CT molecular complexity index is 1400. The first kappa shape index (κ1) is 24.0. The van der Waals surface area contributed by atoms with Crippen molar-refractivity contribution < 1.29 is 34.1 Å². The third kappa shape index (κ3) is 4.86. The number of carboxylic acid groups (broad SMARTS) is 1. The van der Waals surface area contributed by atoms with E-state index in [1.54, 1.807) is 47.4 Å². The summed E-state index contributed by atoms with van der Waals surface area (Å²) in [6, 6.07) is 15.4. The van der Waals surface area contributed by atoms with Gasteiger partial charge >= 0.3 is 6.16 Å². The molecule has 2 aliphatic rings. The van der Waals surface area contributed by atoms with Gasteiger partial charge in [0.2, 0.25) is 0 Å². The molecule has 4 N–H and O–H groups in total. The Kier molecular flexibility index (Phi) is 6.31. The molecular weight excluding hydrogens is 478 g/mol. The molecule has 2 aliphatic heterocycles. The summed E-state index contributed by atoms with van der Waals surface area (Å²) in [4.78, 5) is 38.6. The number of carbonyl (C=O) groups is 3. The minimum Gasteiger partial charge on any atom is -0.504 e. The molecule has 3 aromatic carbocycles. The smallest absolute Gasteiger partial charge is 0.504 e. The molecule has 10 nitrogen and oxygen atoms in total. The molecule has 2 amide bonds. The van der Waals surface area contributed by atoms with Gasteiger partial charge in [-0.05, 0) is 66.4 Å². The van der Waals surface area contributed by atoms with Gasteiger partial charge in [0.1, 0.15) is 6.10 Å². The van der Waals surface area contributed by atoms with Crippen LogP contribution < -0.4 is 15.4 Å². The van der Waals surface area contributed by atoms with Crippen molar-refractivity contribution in [2.45, 2.75) is 18.9 Å². The van der Waals surface area contributed by atoms with Crippen LogP contribution in [0, 0.1) is 0 Å². The fraction of sp³-hybridized carbons (Fsp3) is 0.222. The molecule has 5 rings (SSSR count). The number of anilines is 3. The lowest BCUT2D eigenvalue weighted by Gasteiger charge is -2.31. The van der Waals surface area contributed by atoms with Gasteiger partial charge in [-0.25, -0.2) is 4.79 Å². The van der Waals surface area contributed by atoms with Crippen molar-refractivity contribution >= 4 is 35.0 Å². The van der Waals surface area contributed by atoms with Crippen molar-refractivity contribution in [3.05, 3.63) is 65.7 Å². The lowest BCUT2D eigenvalue weighted by atomic mass is 10.0. The fourth-order valence-corrected chi connectivity index (χ4v) is 4.65. The monoisotopic (exact) mass is 503 g/mol. The van der Waals surface area contributed by atoms with Gasteiger partial charge < -0.3 is 35.2 Å². The van der Waals surface area contributed by atoms with E-state index in [-0.39, 0.29) is 24.1 Å². The van der Waals surface area contributed by atoms with Crippen LogP contribution in [-0.2, 0) is 4.74 Å². The molecular formula is C27H25N3O7. The molecule has 1 unspecified atom stereocenters. The molecule has 1 saturated heterocycles. The Hall–Kier alpha value is -4.73. The van der Waals surface area contributed by atoms with Crippen LogP contribution in [-0.4, -0.2) is 59.4 Å². The number of hydrogen-bond donors (Lipinski definition) is 4. The number of benzene rings is 3. The van der Waals surface area contributed by atoms with Crippen LogP contribution in [0.25, 0.3) is 11.1 Å². The number of phenolic OH excluding ortho intramolecular Hbond substituents is 1. The summed E-state index contributed by atoms with van der Waals surface area (Å²) in [5.74, 6) is -0.211. The van der Waals surface area contributed by atoms with Crippen LogP contribution in [0.5, 0.6) is 11.5 Å². The Morgan fingerprint density at radius 1 is 0.973 bits per heavy atom. The van der Waals surface area contributed by atoms with E-state index in [0.717, 1.165) is 11.1 Å². The highest BCUT2D eigenvalue weighted by atomic mass is 16.7. The molecule has 2 heterocycles. The topological polar surface area (TPSA) is 137 Å². The number of amides is 2. The van der Waals surface area contributed by atoms with E-state index >= 15 is 0 Å². The maximum absolute atomic E-state index is 13.1. The number of carbonyl (C=O) groups excluding carboxylic acids is 2. The molecule has 190 valence electrons. The lowest BCUT2D eigenvalue weighted by molar-refractivity contribution is 0.0131. The maximum atomic E-state index is 13.1. The third-order valence-corrected chi connectivity index (χ3v) is 6.49. The molecule has 3 aromatic rings. The Balaban J connectivity index is 1.40. The average Bonchev–Trinajstić information content (AvgIpc) is 3.03. The lowest BCUT2D eigenvalue weighted by Crippen LogP contribution is -2.43. The molecule has 37 heavy (non-hydrogen) atoms. The predicted octanol–water partition coefficient (Wildman–Crippen LogP) is 4.68. The number of phenols is 1. The van der Waals surface area contributed by atoms with Crippen LogP contribution in [0.15, 0.2) is 54.6 Å². The van der Waals surface area contributed by atoms with Gasteiger partial charge in [-0.1, -0.05) is 12.1 Å². The second-order valence-corrected chi connectivity index (χ2v) is 8.89. The highest BCUT2D eigenvalue weighted by molar-refractivity contribution is 6.13. The van der Waals surface area contributed by atoms with Crippen molar-refractivity contribution in [2.75, 3.05) is 30.8 Å². The summed E-state index contributed by atoms with van der Waals surface area (Å²) in [7, 11) is 1.48. The molecule has 0 spiro atoms. The zero-order chi connectivity index (χ0) is 26.1. The first-order valence-corrected chi connectivity index (χ1v) is 11.7. The number of hydrogen-bond acceptors (Lipinski definition) is 7. The van der Waals surface area contributed by atoms with Gasteiger partial charge in [0.25, 0.3) is 11.8 Å². The highest BCUT2D eigenvalue weighted by Gasteiger charge is 2.28. The van der Waals surface area contributed by atoms with Crippen LogP contribution in [0.4, 0.5) is 21.9 Å². The number of piperidine rings is 1. The van der Waals surface area contributed by atoms with E-state index in [1.165, 1.54) is 7.11 Å². The number of ether oxygens (including phenoxy) is 2. The van der Waals surface area contributed by atoms with Crippen LogP contribution >= 0.6 is 0 Å². The van der Waals surface area contributed by atoms with Gasteiger partial charge in [0, 0.05) is 12.1 Å². The van der Waals surface area contributed by atoms with Gasteiger partial charge in [0.15, 0.2) is 11.5 Å². The molecule has 1 fully saturated rings. The zero-order valence-electron chi connectivity index (χ0n) is 20.0. The van der Waals surface area contributed by atoms with E-state index in [1.807, 2.05) is 12.1 Å². The quantitative estimate of drug-likeness (QED) is 0.377. The fourth-order valence-electron chi connectivity index (χ4n) is 4.65. The van der Waals surface area contributed by atoms with Crippen molar-refractivity contribution in [1.29, 1.82) is 0 Å². The third-order valence-electron chi connectivity index (χ3n) is 6.49. The largest absolute Gasteiger partial charge is 0.506 e. The zero-order valence-corrected chi connectivity index (χ0v) is 20.0. The summed E-state index contributed by atoms with van der Waals surface area (Å²) in [6.07, 6.45) is -0.713. The van der Waals surface area contributed by atoms with E-state index in [4.69, 9.17) is 14.6 Å². The Labute approximate surface area is 212 Å². The van der Waals surface area contributed by atoms with Crippen molar-refractivity contribution in [1.82, 2.24) is 4.90 Å². The Morgan fingerprint density at radius 3 is 2.54 bits per heavy atom. The maximum Gasteiger partial charge on any atom is 0.506 e. The van der Waals surface area contributed by atoms with Crippen LogP contribution in [0.1, 0.15) is 33.6 Å². The first-order valence-electron chi connectivity index (χ1n) is 11.7. The minimum atomic E-state index is -1.36. The van der Waals surface area contributed by atoms with Crippen molar-refractivity contribution in [3.63, 3.8) is 0 Å². The summed E-state index contributed by atoms with van der Waals surface area (Å²) >= 11 is 0. The molecule has 0 aromatic heterocycles. The van der Waals surface area contributed by atoms with Crippen LogP contribution in [0.2, 0.25) is 0 Å². The number of likely N-dealkylation sites (tertiary alicyclic amines) is 1. The van der Waals surface area contributed by atoms with Gasteiger partial charge in [0.05, 0.1) is 36.3 Å². The van der Waals surface area contributed by atoms with Gasteiger partial charge in [-0.15, -0.1) is 0 Å². The van der Waals surface area contributed by atoms with Gasteiger partial charge in [-0.2, -0.15) is 0 Å². The molecule has 0 bridgehead atoms. The second-order valence-electron chi connectivity index (χ2n) is 8.89. The van der Waals surface area contributed by atoms with E-state index < -0.39 is 12.3 Å². The number of rotatable bonds is 4. The number of nitrogens with zero attached hydrogens (tertiary/aromatic N) is 1. The second kappa shape index (κ2) is 9.73. The minimum absolute atomic E-state index is 0.0345. The number of nitrogens with one attached hydrogen (secondary N) is 2. The predicted molar refractivity (Wildman–Crippen MR) is 136 cm³/mol. The van der Waals surface area contributed by atoms with Gasteiger partial charge in [-0.3, -0.25) is 9.59 Å².